The molecule has 94 valence electrons. The van der Waals surface area contributed by atoms with Crippen molar-refractivity contribution in [2.45, 2.75) is 32.4 Å². The van der Waals surface area contributed by atoms with E-state index in [0.717, 1.165) is 24.9 Å². The van der Waals surface area contributed by atoms with Gasteiger partial charge in [0, 0.05) is 37.3 Å². The summed E-state index contributed by atoms with van der Waals surface area (Å²) < 4.78 is 1.74. The number of aromatic nitrogens is 2. The number of rotatable bonds is 3. The molecule has 1 fully saturated rings. The van der Waals surface area contributed by atoms with Gasteiger partial charge in [0.15, 0.2) is 0 Å². The fourth-order valence-electron chi connectivity index (χ4n) is 2.27. The topological polar surface area (TPSA) is 59.0 Å². The van der Waals surface area contributed by atoms with Gasteiger partial charge < -0.3 is 10.6 Å². The van der Waals surface area contributed by atoms with Crippen LogP contribution in [0, 0.1) is 5.92 Å². The molecule has 2 rings (SSSR count). The van der Waals surface area contributed by atoms with E-state index in [1.54, 1.807) is 10.9 Å². The van der Waals surface area contributed by atoms with Crippen LogP contribution in [0.25, 0.3) is 0 Å². The number of piperidine rings is 1. The van der Waals surface area contributed by atoms with Crippen molar-refractivity contribution >= 4 is 5.91 Å². The SMILES string of the molecule is CC1CC(C(=O)NCc2cnn(C)c2)CCN1. The molecule has 5 nitrogen and oxygen atoms in total. The minimum Gasteiger partial charge on any atom is -0.352 e. The first-order valence-electron chi connectivity index (χ1n) is 6.14. The summed E-state index contributed by atoms with van der Waals surface area (Å²) in [6, 6.07) is 0.442. The predicted octanol–water partition coefficient (Wildman–Crippen LogP) is 0.424. The second-order valence-electron chi connectivity index (χ2n) is 4.82. The highest BCUT2D eigenvalue weighted by Crippen LogP contribution is 2.16. The fraction of sp³-hybridized carbons (Fsp3) is 0.667. The van der Waals surface area contributed by atoms with Crippen molar-refractivity contribution in [2.75, 3.05) is 6.54 Å². The first-order valence-corrected chi connectivity index (χ1v) is 6.14. The van der Waals surface area contributed by atoms with Gasteiger partial charge in [-0.2, -0.15) is 5.10 Å². The normalized spacial score (nSPS) is 24.6. The molecular weight excluding hydrogens is 216 g/mol. The van der Waals surface area contributed by atoms with E-state index in [2.05, 4.69) is 22.7 Å². The van der Waals surface area contributed by atoms with Gasteiger partial charge in [0.25, 0.3) is 0 Å². The van der Waals surface area contributed by atoms with Crippen LogP contribution in [-0.2, 0) is 18.4 Å². The van der Waals surface area contributed by atoms with E-state index >= 15 is 0 Å². The van der Waals surface area contributed by atoms with Gasteiger partial charge in [-0.25, -0.2) is 0 Å². The largest absolute Gasteiger partial charge is 0.352 e. The Morgan fingerprint density at radius 3 is 3.18 bits per heavy atom. The van der Waals surface area contributed by atoms with Gasteiger partial charge in [-0.1, -0.05) is 0 Å². The lowest BCUT2D eigenvalue weighted by molar-refractivity contribution is -0.126. The van der Waals surface area contributed by atoms with E-state index < -0.39 is 0 Å². The van der Waals surface area contributed by atoms with Crippen LogP contribution in [0.15, 0.2) is 12.4 Å². The maximum atomic E-state index is 12.0. The molecule has 17 heavy (non-hydrogen) atoms. The van der Waals surface area contributed by atoms with Crippen molar-refractivity contribution in [1.29, 1.82) is 0 Å². The van der Waals surface area contributed by atoms with Crippen molar-refractivity contribution in [1.82, 2.24) is 20.4 Å². The van der Waals surface area contributed by atoms with E-state index in [9.17, 15) is 4.79 Å². The minimum absolute atomic E-state index is 0.155. The zero-order chi connectivity index (χ0) is 12.3. The molecule has 0 radical (unpaired) electrons. The second-order valence-corrected chi connectivity index (χ2v) is 4.82. The summed E-state index contributed by atoms with van der Waals surface area (Å²) in [4.78, 5) is 12.0. The van der Waals surface area contributed by atoms with Crippen molar-refractivity contribution < 1.29 is 4.79 Å². The smallest absolute Gasteiger partial charge is 0.223 e. The molecule has 1 aromatic heterocycles. The molecular formula is C12H20N4O. The van der Waals surface area contributed by atoms with Crippen LogP contribution in [0.4, 0.5) is 0 Å². The van der Waals surface area contributed by atoms with Gasteiger partial charge in [0.2, 0.25) is 5.91 Å². The average molecular weight is 236 g/mol. The number of carbonyl (C=O) groups excluding carboxylic acids is 1. The van der Waals surface area contributed by atoms with Gasteiger partial charge in [0.1, 0.15) is 0 Å². The number of aryl methyl sites for hydroxylation is 1. The number of nitrogens with zero attached hydrogens (tertiary/aromatic N) is 2. The van der Waals surface area contributed by atoms with Gasteiger partial charge in [-0.3, -0.25) is 9.48 Å². The number of hydrogen-bond donors (Lipinski definition) is 2. The first-order chi connectivity index (χ1) is 8.15. The van der Waals surface area contributed by atoms with Crippen LogP contribution < -0.4 is 10.6 Å². The van der Waals surface area contributed by atoms with Crippen molar-refractivity contribution in [2.24, 2.45) is 13.0 Å². The maximum Gasteiger partial charge on any atom is 0.223 e. The van der Waals surface area contributed by atoms with Gasteiger partial charge in [0.05, 0.1) is 6.20 Å². The lowest BCUT2D eigenvalue weighted by Crippen LogP contribution is -2.42. The molecule has 2 heterocycles. The van der Waals surface area contributed by atoms with E-state index in [-0.39, 0.29) is 11.8 Å². The van der Waals surface area contributed by atoms with Gasteiger partial charge in [-0.05, 0) is 26.3 Å². The summed E-state index contributed by atoms with van der Waals surface area (Å²) in [6.45, 7) is 3.64. The molecule has 5 heteroatoms. The summed E-state index contributed by atoms with van der Waals surface area (Å²) in [5.41, 5.74) is 1.04. The molecule has 0 bridgehead atoms. The summed E-state index contributed by atoms with van der Waals surface area (Å²) in [5.74, 6) is 0.324. The Labute approximate surface area is 102 Å². The van der Waals surface area contributed by atoms with Gasteiger partial charge in [-0.15, -0.1) is 0 Å². The first kappa shape index (κ1) is 12.1. The molecule has 0 saturated carbocycles. The van der Waals surface area contributed by atoms with Crippen LogP contribution in [-0.4, -0.2) is 28.3 Å². The van der Waals surface area contributed by atoms with Crippen LogP contribution in [0.5, 0.6) is 0 Å². The molecule has 0 aromatic carbocycles. The minimum atomic E-state index is 0.155. The van der Waals surface area contributed by atoms with Crippen molar-refractivity contribution in [3.8, 4) is 0 Å². The Hall–Kier alpha value is -1.36. The number of nitrogens with one attached hydrogen (secondary N) is 2. The Kier molecular flexibility index (Phi) is 3.78. The molecule has 2 N–H and O–H groups in total. The second kappa shape index (κ2) is 5.31. The molecule has 1 aromatic rings. The highest BCUT2D eigenvalue weighted by atomic mass is 16.1. The van der Waals surface area contributed by atoms with Crippen LogP contribution in [0.3, 0.4) is 0 Å². The third-order valence-electron chi connectivity index (χ3n) is 3.22. The molecule has 0 spiro atoms. The van der Waals surface area contributed by atoms with E-state index in [1.165, 1.54) is 0 Å². The zero-order valence-electron chi connectivity index (χ0n) is 10.4. The molecule has 2 atom stereocenters. The van der Waals surface area contributed by atoms with Crippen LogP contribution in [0.2, 0.25) is 0 Å². The van der Waals surface area contributed by atoms with Crippen LogP contribution >= 0.6 is 0 Å². The highest BCUT2D eigenvalue weighted by molar-refractivity contribution is 5.78. The maximum absolute atomic E-state index is 12.0. The average Bonchev–Trinajstić information content (AvgIpc) is 2.72. The van der Waals surface area contributed by atoms with E-state index in [4.69, 9.17) is 0 Å². The number of carbonyl (C=O) groups is 1. The van der Waals surface area contributed by atoms with Crippen LogP contribution in [0.1, 0.15) is 25.3 Å². The monoisotopic (exact) mass is 236 g/mol. The predicted molar refractivity (Wildman–Crippen MR) is 65.2 cm³/mol. The standard InChI is InChI=1S/C12H20N4O/c1-9-5-11(3-4-13-9)12(17)14-6-10-7-15-16(2)8-10/h7-9,11,13H,3-6H2,1-2H3,(H,14,17). The Morgan fingerprint density at radius 1 is 1.71 bits per heavy atom. The molecule has 0 aliphatic carbocycles. The summed E-state index contributed by atoms with van der Waals surface area (Å²) in [7, 11) is 1.87. The Morgan fingerprint density at radius 2 is 2.53 bits per heavy atom. The van der Waals surface area contributed by atoms with Gasteiger partial charge >= 0.3 is 0 Å². The third-order valence-corrected chi connectivity index (χ3v) is 3.22. The summed E-state index contributed by atoms with van der Waals surface area (Å²) >= 11 is 0. The van der Waals surface area contributed by atoms with E-state index in [1.807, 2.05) is 13.2 Å². The lowest BCUT2D eigenvalue weighted by atomic mass is 9.92. The molecule has 1 aliphatic rings. The number of hydrogen-bond acceptors (Lipinski definition) is 3. The quantitative estimate of drug-likeness (QED) is 0.800. The van der Waals surface area contributed by atoms with Crippen molar-refractivity contribution in [3.05, 3.63) is 18.0 Å². The molecule has 1 amide bonds. The summed E-state index contributed by atoms with van der Waals surface area (Å²) in [6.07, 6.45) is 5.57. The molecule has 1 aliphatic heterocycles. The highest BCUT2D eigenvalue weighted by Gasteiger charge is 2.24. The Balaban J connectivity index is 1.80. The van der Waals surface area contributed by atoms with E-state index in [0.29, 0.717) is 12.6 Å². The lowest BCUT2D eigenvalue weighted by Gasteiger charge is -2.27. The van der Waals surface area contributed by atoms with Crippen molar-refractivity contribution in [3.63, 3.8) is 0 Å². The molecule has 1 saturated heterocycles. The summed E-state index contributed by atoms with van der Waals surface area (Å²) in [5, 5.41) is 10.4. The fourth-order valence-corrected chi connectivity index (χ4v) is 2.27. The Bertz CT molecular complexity index is 388. The third kappa shape index (κ3) is 3.30. The zero-order valence-corrected chi connectivity index (χ0v) is 10.4. The number of amides is 1. The molecule has 2 unspecified atom stereocenters.